The number of carbonyl (C=O) groups excluding carboxylic acids is 1. The Bertz CT molecular complexity index is 436. The van der Waals surface area contributed by atoms with E-state index in [1.807, 2.05) is 23.5 Å². The van der Waals surface area contributed by atoms with Gasteiger partial charge in [-0.2, -0.15) is 23.5 Å². The molecule has 6 heteroatoms. The molecule has 0 aliphatic carbocycles. The lowest BCUT2D eigenvalue weighted by Gasteiger charge is -2.21. The minimum atomic E-state index is -0.0119. The standard InChI is InChI=1S/C14H21N3OS2/c1-2-4-16-13-9-15-5-3-12(13)14(18)17-8-11-10-19-6-7-20-11/h3,5,9,11,16H,2,4,6-8,10H2,1H3,(H,17,18). The van der Waals surface area contributed by atoms with Crippen LogP contribution >= 0.6 is 23.5 Å². The molecule has 20 heavy (non-hydrogen) atoms. The predicted molar refractivity (Wildman–Crippen MR) is 88.9 cm³/mol. The highest BCUT2D eigenvalue weighted by atomic mass is 32.2. The van der Waals surface area contributed by atoms with Crippen molar-refractivity contribution in [1.82, 2.24) is 10.3 Å². The third kappa shape index (κ3) is 4.59. The minimum absolute atomic E-state index is 0.0119. The molecule has 1 fully saturated rings. The van der Waals surface area contributed by atoms with Crippen LogP contribution in [0.25, 0.3) is 0 Å². The van der Waals surface area contributed by atoms with Gasteiger partial charge in [-0.05, 0) is 12.5 Å². The van der Waals surface area contributed by atoms with Crippen molar-refractivity contribution in [2.75, 3.05) is 35.7 Å². The van der Waals surface area contributed by atoms with E-state index in [1.165, 1.54) is 11.5 Å². The Balaban J connectivity index is 1.90. The third-order valence-corrected chi connectivity index (χ3v) is 5.85. The Kier molecular flexibility index (Phi) is 6.53. The second-order valence-electron chi connectivity index (χ2n) is 4.63. The van der Waals surface area contributed by atoms with Gasteiger partial charge in [-0.15, -0.1) is 0 Å². The number of thioether (sulfide) groups is 2. The Hall–Kier alpha value is -0.880. The summed E-state index contributed by atoms with van der Waals surface area (Å²) in [5, 5.41) is 6.83. The lowest BCUT2D eigenvalue weighted by molar-refractivity contribution is 0.0955. The number of nitrogens with one attached hydrogen (secondary N) is 2. The number of nitrogens with zero attached hydrogens (tertiary/aromatic N) is 1. The molecule has 4 nitrogen and oxygen atoms in total. The van der Waals surface area contributed by atoms with E-state index >= 15 is 0 Å². The van der Waals surface area contributed by atoms with Gasteiger partial charge in [0.2, 0.25) is 0 Å². The summed E-state index contributed by atoms with van der Waals surface area (Å²) >= 11 is 3.93. The molecule has 1 aromatic rings. The van der Waals surface area contributed by atoms with E-state index in [0.717, 1.165) is 31.0 Å². The molecule has 1 aliphatic rings. The normalized spacial score (nSPS) is 18.6. The molecule has 1 unspecified atom stereocenters. The quantitative estimate of drug-likeness (QED) is 0.845. The molecule has 0 saturated carbocycles. The zero-order valence-electron chi connectivity index (χ0n) is 11.7. The Morgan fingerprint density at radius 1 is 1.50 bits per heavy atom. The summed E-state index contributed by atoms with van der Waals surface area (Å²) in [6.45, 7) is 3.69. The summed E-state index contributed by atoms with van der Waals surface area (Å²) in [5.41, 5.74) is 1.50. The first-order valence-electron chi connectivity index (χ1n) is 6.96. The predicted octanol–water partition coefficient (Wildman–Crippen LogP) is 2.48. The molecule has 1 amide bonds. The van der Waals surface area contributed by atoms with Crippen LogP contribution in [-0.4, -0.2) is 46.5 Å². The molecule has 0 bridgehead atoms. The average Bonchev–Trinajstić information content (AvgIpc) is 2.52. The van der Waals surface area contributed by atoms with Crippen molar-refractivity contribution >= 4 is 35.1 Å². The highest BCUT2D eigenvalue weighted by Crippen LogP contribution is 2.23. The van der Waals surface area contributed by atoms with Gasteiger partial charge in [0, 0.05) is 41.8 Å². The monoisotopic (exact) mass is 311 g/mol. The van der Waals surface area contributed by atoms with Gasteiger partial charge < -0.3 is 10.6 Å². The number of carbonyl (C=O) groups is 1. The number of hydrogen-bond donors (Lipinski definition) is 2. The van der Waals surface area contributed by atoms with Crippen LogP contribution in [0.3, 0.4) is 0 Å². The Labute approximate surface area is 128 Å². The summed E-state index contributed by atoms with van der Waals surface area (Å²) in [5.74, 6) is 3.53. The van der Waals surface area contributed by atoms with Crippen molar-refractivity contribution < 1.29 is 4.79 Å². The average molecular weight is 311 g/mol. The van der Waals surface area contributed by atoms with Crippen molar-refractivity contribution in [1.29, 1.82) is 0 Å². The van der Waals surface area contributed by atoms with Crippen LogP contribution < -0.4 is 10.6 Å². The van der Waals surface area contributed by atoms with Crippen LogP contribution in [0.5, 0.6) is 0 Å². The number of pyridine rings is 1. The molecule has 2 heterocycles. The van der Waals surface area contributed by atoms with Gasteiger partial charge in [-0.25, -0.2) is 0 Å². The van der Waals surface area contributed by atoms with Gasteiger partial charge in [-0.3, -0.25) is 9.78 Å². The third-order valence-electron chi connectivity index (χ3n) is 3.01. The maximum absolute atomic E-state index is 12.3. The fourth-order valence-corrected chi connectivity index (χ4v) is 4.56. The number of amides is 1. The van der Waals surface area contributed by atoms with E-state index in [1.54, 1.807) is 18.5 Å². The van der Waals surface area contributed by atoms with E-state index in [2.05, 4.69) is 22.5 Å². The molecule has 1 saturated heterocycles. The fourth-order valence-electron chi connectivity index (χ4n) is 1.95. The van der Waals surface area contributed by atoms with Crippen LogP contribution in [0.4, 0.5) is 5.69 Å². The highest BCUT2D eigenvalue weighted by Gasteiger charge is 2.17. The van der Waals surface area contributed by atoms with Crippen molar-refractivity contribution in [3.05, 3.63) is 24.0 Å². The summed E-state index contributed by atoms with van der Waals surface area (Å²) in [7, 11) is 0. The Morgan fingerprint density at radius 3 is 3.15 bits per heavy atom. The van der Waals surface area contributed by atoms with Crippen molar-refractivity contribution in [2.24, 2.45) is 0 Å². The molecule has 2 N–H and O–H groups in total. The molecule has 1 atom stereocenters. The first-order valence-corrected chi connectivity index (χ1v) is 9.17. The van der Waals surface area contributed by atoms with Crippen LogP contribution in [-0.2, 0) is 0 Å². The molecule has 110 valence electrons. The summed E-state index contributed by atoms with van der Waals surface area (Å²) in [6, 6.07) is 1.77. The summed E-state index contributed by atoms with van der Waals surface area (Å²) in [4.78, 5) is 16.4. The van der Waals surface area contributed by atoms with E-state index in [-0.39, 0.29) is 5.91 Å². The maximum atomic E-state index is 12.3. The van der Waals surface area contributed by atoms with Crippen molar-refractivity contribution in [3.63, 3.8) is 0 Å². The smallest absolute Gasteiger partial charge is 0.253 e. The van der Waals surface area contributed by atoms with Crippen LogP contribution in [0, 0.1) is 0 Å². The SMILES string of the molecule is CCCNc1cnccc1C(=O)NCC1CSCCS1. The molecule has 2 rings (SSSR count). The summed E-state index contributed by atoms with van der Waals surface area (Å²) < 4.78 is 0. The minimum Gasteiger partial charge on any atom is -0.383 e. The van der Waals surface area contributed by atoms with Crippen molar-refractivity contribution in [3.8, 4) is 0 Å². The number of rotatable bonds is 6. The largest absolute Gasteiger partial charge is 0.383 e. The second-order valence-corrected chi connectivity index (χ2v) is 7.18. The molecule has 1 aliphatic heterocycles. The van der Waals surface area contributed by atoms with Gasteiger partial charge in [0.25, 0.3) is 5.91 Å². The van der Waals surface area contributed by atoms with E-state index in [0.29, 0.717) is 10.8 Å². The zero-order valence-corrected chi connectivity index (χ0v) is 13.4. The van der Waals surface area contributed by atoms with Gasteiger partial charge in [-0.1, -0.05) is 6.92 Å². The van der Waals surface area contributed by atoms with Crippen LogP contribution in [0.15, 0.2) is 18.5 Å². The van der Waals surface area contributed by atoms with Gasteiger partial charge in [0.1, 0.15) is 0 Å². The zero-order chi connectivity index (χ0) is 14.2. The second kappa shape index (κ2) is 8.42. The molecular weight excluding hydrogens is 290 g/mol. The molecule has 0 radical (unpaired) electrons. The number of aromatic nitrogens is 1. The first-order chi connectivity index (χ1) is 9.81. The summed E-state index contributed by atoms with van der Waals surface area (Å²) in [6.07, 6.45) is 4.40. The van der Waals surface area contributed by atoms with Gasteiger partial charge in [0.05, 0.1) is 17.4 Å². The Morgan fingerprint density at radius 2 is 2.40 bits per heavy atom. The van der Waals surface area contributed by atoms with Gasteiger partial charge >= 0.3 is 0 Å². The molecule has 0 spiro atoms. The van der Waals surface area contributed by atoms with Crippen molar-refractivity contribution in [2.45, 2.75) is 18.6 Å². The molecule has 1 aromatic heterocycles. The molecular formula is C14H21N3OS2. The lowest BCUT2D eigenvalue weighted by atomic mass is 10.2. The topological polar surface area (TPSA) is 54.0 Å². The van der Waals surface area contributed by atoms with Crippen LogP contribution in [0.1, 0.15) is 23.7 Å². The van der Waals surface area contributed by atoms with Gasteiger partial charge in [0.15, 0.2) is 0 Å². The lowest BCUT2D eigenvalue weighted by Crippen LogP contribution is -2.33. The highest BCUT2D eigenvalue weighted by molar-refractivity contribution is 8.06. The molecule has 0 aromatic carbocycles. The van der Waals surface area contributed by atoms with E-state index in [4.69, 9.17) is 0 Å². The first kappa shape index (κ1) is 15.5. The number of hydrogen-bond acceptors (Lipinski definition) is 5. The number of anilines is 1. The van der Waals surface area contributed by atoms with Crippen LogP contribution in [0.2, 0.25) is 0 Å². The fraction of sp³-hybridized carbons (Fsp3) is 0.571. The van der Waals surface area contributed by atoms with E-state index < -0.39 is 0 Å². The maximum Gasteiger partial charge on any atom is 0.253 e. The van der Waals surface area contributed by atoms with E-state index in [9.17, 15) is 4.79 Å².